The summed E-state index contributed by atoms with van der Waals surface area (Å²) < 4.78 is 0. The topological polar surface area (TPSA) is 54.9 Å². The molecule has 3 aromatic rings. The number of carbonyl (C=O) groups excluding carboxylic acids is 1. The van der Waals surface area contributed by atoms with Crippen molar-refractivity contribution in [2.45, 2.75) is 0 Å². The lowest BCUT2D eigenvalue weighted by atomic mass is 10.1. The lowest BCUT2D eigenvalue weighted by Crippen LogP contribution is -2.12. The maximum Gasteiger partial charge on any atom is 0.255 e. The molecule has 0 radical (unpaired) electrons. The molecule has 21 heavy (non-hydrogen) atoms. The van der Waals surface area contributed by atoms with Gasteiger partial charge in [-0.1, -0.05) is 35.3 Å². The number of nitrogens with one attached hydrogen (secondary N) is 1. The number of hydrogen-bond donors (Lipinski definition) is 1. The van der Waals surface area contributed by atoms with Gasteiger partial charge >= 0.3 is 0 Å². The molecule has 0 bridgehead atoms. The molecule has 2 heterocycles. The predicted octanol–water partition coefficient (Wildman–Crippen LogP) is 4.19. The van der Waals surface area contributed by atoms with Crippen molar-refractivity contribution in [3.63, 3.8) is 0 Å². The molecule has 1 N–H and O–H groups in total. The minimum Gasteiger partial charge on any atom is -0.321 e. The van der Waals surface area contributed by atoms with Gasteiger partial charge in [0.1, 0.15) is 10.3 Å². The molecule has 0 spiro atoms. The van der Waals surface area contributed by atoms with E-state index >= 15 is 0 Å². The summed E-state index contributed by atoms with van der Waals surface area (Å²) >= 11 is 11.6. The van der Waals surface area contributed by atoms with Crippen molar-refractivity contribution in [1.29, 1.82) is 0 Å². The van der Waals surface area contributed by atoms with E-state index in [2.05, 4.69) is 15.3 Å². The van der Waals surface area contributed by atoms with Gasteiger partial charge in [0, 0.05) is 23.3 Å². The molecule has 4 nitrogen and oxygen atoms in total. The second-order valence-electron chi connectivity index (χ2n) is 4.36. The zero-order chi connectivity index (χ0) is 14.8. The summed E-state index contributed by atoms with van der Waals surface area (Å²) in [6.07, 6.45) is 3.41. The minimum absolute atomic E-state index is 0.173. The predicted molar refractivity (Wildman–Crippen MR) is 84.0 cm³/mol. The number of aromatic nitrogens is 2. The van der Waals surface area contributed by atoms with Gasteiger partial charge in [0.2, 0.25) is 0 Å². The largest absolute Gasteiger partial charge is 0.321 e. The fourth-order valence-electron chi connectivity index (χ4n) is 2.01. The molecule has 0 aliphatic carbocycles. The van der Waals surface area contributed by atoms with Crippen molar-refractivity contribution in [3.05, 3.63) is 64.7 Å². The molecular weight excluding hydrogens is 309 g/mol. The lowest BCUT2D eigenvalue weighted by Gasteiger charge is -2.08. The average molecular weight is 318 g/mol. The number of anilines is 1. The van der Waals surface area contributed by atoms with Gasteiger partial charge in [-0.05, 0) is 29.7 Å². The summed E-state index contributed by atoms with van der Waals surface area (Å²) in [5.74, 6) is -0.308. The Balaban J connectivity index is 1.96. The Kier molecular flexibility index (Phi) is 3.73. The molecule has 0 aliphatic rings. The van der Waals surface area contributed by atoms with Crippen molar-refractivity contribution in [2.75, 3.05) is 5.32 Å². The van der Waals surface area contributed by atoms with Crippen LogP contribution in [0, 0.1) is 0 Å². The first-order chi connectivity index (χ1) is 10.1. The summed E-state index contributed by atoms with van der Waals surface area (Å²) in [6.45, 7) is 0. The zero-order valence-electron chi connectivity index (χ0n) is 10.7. The van der Waals surface area contributed by atoms with E-state index in [1.54, 1.807) is 12.4 Å². The molecule has 6 heteroatoms. The molecule has 104 valence electrons. The highest BCUT2D eigenvalue weighted by molar-refractivity contribution is 6.33. The molecule has 1 amide bonds. The zero-order valence-corrected chi connectivity index (χ0v) is 12.2. The van der Waals surface area contributed by atoms with Crippen LogP contribution in [-0.2, 0) is 0 Å². The van der Waals surface area contributed by atoms with Gasteiger partial charge < -0.3 is 5.32 Å². The van der Waals surface area contributed by atoms with Crippen LogP contribution in [0.2, 0.25) is 10.3 Å². The molecule has 2 aromatic heterocycles. The monoisotopic (exact) mass is 317 g/mol. The molecule has 1 aromatic carbocycles. The second-order valence-corrected chi connectivity index (χ2v) is 5.13. The number of halogens is 2. The average Bonchev–Trinajstić information content (AvgIpc) is 2.46. The van der Waals surface area contributed by atoms with Crippen molar-refractivity contribution >= 4 is 45.6 Å². The molecule has 0 saturated carbocycles. The fraction of sp³-hybridized carbons (Fsp3) is 0. The smallest absolute Gasteiger partial charge is 0.255 e. The van der Waals surface area contributed by atoms with Gasteiger partial charge in [0.25, 0.3) is 5.91 Å². The number of benzene rings is 1. The van der Waals surface area contributed by atoms with Gasteiger partial charge in [-0.2, -0.15) is 0 Å². The number of fused-ring (bicyclic) bond motifs is 1. The molecule has 0 unspecified atom stereocenters. The molecule has 3 rings (SSSR count). The van der Waals surface area contributed by atoms with Crippen LogP contribution in [0.3, 0.4) is 0 Å². The first-order valence-corrected chi connectivity index (χ1v) is 6.86. The van der Waals surface area contributed by atoms with E-state index in [-0.39, 0.29) is 16.2 Å². The van der Waals surface area contributed by atoms with E-state index in [0.29, 0.717) is 11.3 Å². The third kappa shape index (κ3) is 2.96. The minimum atomic E-state index is -0.308. The maximum atomic E-state index is 12.3. The highest BCUT2D eigenvalue weighted by Gasteiger charge is 2.10. The van der Waals surface area contributed by atoms with Crippen LogP contribution in [0.15, 0.2) is 48.8 Å². The van der Waals surface area contributed by atoms with E-state index in [1.165, 1.54) is 12.1 Å². The van der Waals surface area contributed by atoms with E-state index < -0.39 is 0 Å². The van der Waals surface area contributed by atoms with Crippen LogP contribution in [0.4, 0.5) is 5.69 Å². The van der Waals surface area contributed by atoms with E-state index in [0.717, 1.165) is 10.8 Å². The quantitative estimate of drug-likeness (QED) is 0.721. The van der Waals surface area contributed by atoms with Crippen LogP contribution >= 0.6 is 23.2 Å². The summed E-state index contributed by atoms with van der Waals surface area (Å²) in [4.78, 5) is 20.2. The Hall–Kier alpha value is -2.17. The number of amides is 1. The number of carbonyl (C=O) groups is 1. The summed E-state index contributed by atoms with van der Waals surface area (Å²) in [6, 6.07) is 10.4. The van der Waals surface area contributed by atoms with Crippen LogP contribution in [-0.4, -0.2) is 15.9 Å². The first-order valence-electron chi connectivity index (χ1n) is 6.11. The summed E-state index contributed by atoms with van der Waals surface area (Å²) in [7, 11) is 0. The second kappa shape index (κ2) is 5.68. The van der Waals surface area contributed by atoms with Crippen molar-refractivity contribution in [2.24, 2.45) is 0 Å². The molecule has 0 aliphatic heterocycles. The van der Waals surface area contributed by atoms with Crippen molar-refractivity contribution in [3.8, 4) is 0 Å². The Labute approximate surface area is 130 Å². The van der Waals surface area contributed by atoms with Crippen LogP contribution in [0.25, 0.3) is 10.8 Å². The summed E-state index contributed by atoms with van der Waals surface area (Å²) in [5, 5.41) is 5.03. The Bertz CT molecular complexity index is 811. The number of nitrogens with zero attached hydrogens (tertiary/aromatic N) is 2. The Morgan fingerprint density at radius 3 is 2.62 bits per heavy atom. The van der Waals surface area contributed by atoms with Gasteiger partial charge in [-0.15, -0.1) is 0 Å². The Morgan fingerprint density at radius 2 is 1.86 bits per heavy atom. The van der Waals surface area contributed by atoms with Gasteiger partial charge in [0.15, 0.2) is 0 Å². The normalized spacial score (nSPS) is 10.6. The van der Waals surface area contributed by atoms with Gasteiger partial charge in [-0.3, -0.25) is 9.78 Å². The highest BCUT2D eigenvalue weighted by Crippen LogP contribution is 2.23. The van der Waals surface area contributed by atoms with Crippen LogP contribution < -0.4 is 5.32 Å². The number of hydrogen-bond acceptors (Lipinski definition) is 3. The third-order valence-electron chi connectivity index (χ3n) is 2.96. The SMILES string of the molecule is O=C(Nc1cccc2ccncc12)c1cc(Cl)nc(Cl)c1. The number of rotatable bonds is 2. The van der Waals surface area contributed by atoms with Gasteiger partial charge in [-0.25, -0.2) is 4.98 Å². The van der Waals surface area contributed by atoms with E-state index in [4.69, 9.17) is 23.2 Å². The fourth-order valence-corrected chi connectivity index (χ4v) is 2.47. The van der Waals surface area contributed by atoms with E-state index in [9.17, 15) is 4.79 Å². The van der Waals surface area contributed by atoms with Crippen molar-refractivity contribution in [1.82, 2.24) is 9.97 Å². The molecule has 0 saturated heterocycles. The lowest BCUT2D eigenvalue weighted by molar-refractivity contribution is 0.102. The molecule has 0 atom stereocenters. The molecule has 0 fully saturated rings. The summed E-state index contributed by atoms with van der Waals surface area (Å²) in [5.41, 5.74) is 1.02. The van der Waals surface area contributed by atoms with Gasteiger partial charge in [0.05, 0.1) is 5.69 Å². The van der Waals surface area contributed by atoms with E-state index in [1.807, 2.05) is 24.3 Å². The first kappa shape index (κ1) is 13.8. The third-order valence-corrected chi connectivity index (χ3v) is 3.34. The van der Waals surface area contributed by atoms with Crippen LogP contribution in [0.1, 0.15) is 10.4 Å². The van der Waals surface area contributed by atoms with Crippen LogP contribution in [0.5, 0.6) is 0 Å². The Morgan fingerprint density at radius 1 is 1.10 bits per heavy atom. The molecular formula is C15H9Cl2N3O. The maximum absolute atomic E-state index is 12.3. The highest BCUT2D eigenvalue weighted by atomic mass is 35.5. The standard InChI is InChI=1S/C15H9Cl2N3O/c16-13-6-10(7-14(17)20-13)15(21)19-12-3-1-2-9-4-5-18-8-11(9)12/h1-8H,(H,19,21). The van der Waals surface area contributed by atoms with Crippen molar-refractivity contribution < 1.29 is 4.79 Å². The number of pyridine rings is 2.